The molecule has 0 spiro atoms. The molecule has 2 aromatic rings. The Balaban J connectivity index is 2.49. The van der Waals surface area contributed by atoms with Crippen LogP contribution in [0.4, 0.5) is 4.39 Å². The lowest BCUT2D eigenvalue weighted by Gasteiger charge is -2.04. The summed E-state index contributed by atoms with van der Waals surface area (Å²) >= 11 is 3.45. The van der Waals surface area contributed by atoms with E-state index in [2.05, 4.69) is 20.9 Å². The maximum atomic E-state index is 12.7. The van der Waals surface area contributed by atoms with Gasteiger partial charge in [-0.25, -0.2) is 4.39 Å². The summed E-state index contributed by atoms with van der Waals surface area (Å²) in [7, 11) is 0. The van der Waals surface area contributed by atoms with Crippen LogP contribution in [0.5, 0.6) is 0 Å². The van der Waals surface area contributed by atoms with Crippen LogP contribution in [0.3, 0.4) is 0 Å². The predicted molar refractivity (Wildman–Crippen MR) is 62.1 cm³/mol. The molecule has 15 heavy (non-hydrogen) atoms. The highest BCUT2D eigenvalue weighted by atomic mass is 79.9. The average molecular weight is 266 g/mol. The molecule has 1 heterocycles. The Morgan fingerprint density at radius 2 is 1.87 bits per heavy atom. The second-order valence-corrected chi connectivity index (χ2v) is 4.20. The van der Waals surface area contributed by atoms with E-state index in [1.807, 2.05) is 13.0 Å². The summed E-state index contributed by atoms with van der Waals surface area (Å²) in [6, 6.07) is 8.30. The van der Waals surface area contributed by atoms with Gasteiger partial charge in [-0.2, -0.15) is 0 Å². The number of nitrogens with zero attached hydrogens (tertiary/aromatic N) is 1. The van der Waals surface area contributed by atoms with Crippen molar-refractivity contribution in [3.05, 3.63) is 52.4 Å². The maximum Gasteiger partial charge on any atom is 0.123 e. The maximum absolute atomic E-state index is 12.7. The summed E-state index contributed by atoms with van der Waals surface area (Å²) in [4.78, 5) is 4.31. The van der Waals surface area contributed by atoms with E-state index in [9.17, 15) is 4.39 Å². The van der Waals surface area contributed by atoms with Crippen molar-refractivity contribution in [3.63, 3.8) is 0 Å². The highest BCUT2D eigenvalue weighted by Gasteiger charge is 2.04. The van der Waals surface area contributed by atoms with Gasteiger partial charge in [0.1, 0.15) is 5.82 Å². The molecule has 76 valence electrons. The number of hydrogen-bond acceptors (Lipinski definition) is 1. The molecule has 2 rings (SSSR count). The number of hydrogen-bond donors (Lipinski definition) is 0. The molecule has 3 heteroatoms. The first-order valence-electron chi connectivity index (χ1n) is 4.55. The number of halogens is 2. The van der Waals surface area contributed by atoms with E-state index >= 15 is 0 Å². The molecule has 0 amide bonds. The molecule has 0 saturated carbocycles. The van der Waals surface area contributed by atoms with Crippen LogP contribution in [0.25, 0.3) is 11.3 Å². The first kappa shape index (κ1) is 10.3. The second-order valence-electron chi connectivity index (χ2n) is 3.35. The average Bonchev–Trinajstić information content (AvgIpc) is 2.20. The van der Waals surface area contributed by atoms with E-state index < -0.39 is 0 Å². The van der Waals surface area contributed by atoms with E-state index in [4.69, 9.17) is 0 Å². The molecule has 0 unspecified atom stereocenters. The van der Waals surface area contributed by atoms with Gasteiger partial charge in [-0.1, -0.05) is 0 Å². The van der Waals surface area contributed by atoms with Crippen LogP contribution in [0.1, 0.15) is 5.56 Å². The van der Waals surface area contributed by atoms with Gasteiger partial charge in [-0.15, -0.1) is 0 Å². The molecular formula is C12H9BrFN. The lowest BCUT2D eigenvalue weighted by molar-refractivity contribution is 0.628. The van der Waals surface area contributed by atoms with Crippen molar-refractivity contribution in [3.8, 4) is 11.3 Å². The Labute approximate surface area is 96.1 Å². The molecule has 1 nitrogen and oxygen atoms in total. The minimum absolute atomic E-state index is 0.234. The zero-order chi connectivity index (χ0) is 10.8. The molecule has 0 radical (unpaired) electrons. The standard InChI is InChI=1S/C12H9BrFN/c1-8-6-11(13)12(15-7-8)9-2-4-10(14)5-3-9/h2-7H,1H3. The van der Waals surface area contributed by atoms with Gasteiger partial charge in [0.05, 0.1) is 5.69 Å². The lowest BCUT2D eigenvalue weighted by atomic mass is 10.1. The fourth-order valence-corrected chi connectivity index (χ4v) is 2.05. The van der Waals surface area contributed by atoms with Crippen molar-refractivity contribution < 1.29 is 4.39 Å². The quantitative estimate of drug-likeness (QED) is 0.761. The molecule has 0 saturated heterocycles. The van der Waals surface area contributed by atoms with Crippen molar-refractivity contribution in [2.45, 2.75) is 6.92 Å². The van der Waals surface area contributed by atoms with Gasteiger partial charge in [0.2, 0.25) is 0 Å². The van der Waals surface area contributed by atoms with E-state index in [0.29, 0.717) is 0 Å². The number of pyridine rings is 1. The highest BCUT2D eigenvalue weighted by Crippen LogP contribution is 2.26. The van der Waals surface area contributed by atoms with Crippen LogP contribution in [0.2, 0.25) is 0 Å². The van der Waals surface area contributed by atoms with Gasteiger partial charge >= 0.3 is 0 Å². The van der Waals surface area contributed by atoms with E-state index in [1.165, 1.54) is 12.1 Å². The lowest BCUT2D eigenvalue weighted by Crippen LogP contribution is -1.87. The van der Waals surface area contributed by atoms with Gasteiger partial charge in [0, 0.05) is 16.2 Å². The Kier molecular flexibility index (Phi) is 2.82. The molecular weight excluding hydrogens is 257 g/mol. The van der Waals surface area contributed by atoms with Gasteiger partial charge in [0.25, 0.3) is 0 Å². The van der Waals surface area contributed by atoms with Crippen molar-refractivity contribution in [1.29, 1.82) is 0 Å². The molecule has 0 aliphatic rings. The summed E-state index contributed by atoms with van der Waals surface area (Å²) in [5.41, 5.74) is 2.83. The Morgan fingerprint density at radius 1 is 1.20 bits per heavy atom. The largest absolute Gasteiger partial charge is 0.255 e. The van der Waals surface area contributed by atoms with Crippen LogP contribution >= 0.6 is 15.9 Å². The Bertz CT molecular complexity index is 479. The summed E-state index contributed by atoms with van der Waals surface area (Å²) in [6.07, 6.45) is 1.80. The number of rotatable bonds is 1. The number of benzene rings is 1. The third kappa shape index (κ3) is 2.23. The first-order valence-corrected chi connectivity index (χ1v) is 5.34. The molecule has 0 N–H and O–H groups in total. The van der Waals surface area contributed by atoms with E-state index in [0.717, 1.165) is 21.3 Å². The minimum Gasteiger partial charge on any atom is -0.255 e. The van der Waals surface area contributed by atoms with Crippen molar-refractivity contribution >= 4 is 15.9 Å². The van der Waals surface area contributed by atoms with Crippen LogP contribution in [0, 0.1) is 12.7 Å². The third-order valence-corrected chi connectivity index (χ3v) is 2.70. The van der Waals surface area contributed by atoms with Crippen LogP contribution < -0.4 is 0 Å². The van der Waals surface area contributed by atoms with Crippen molar-refractivity contribution in [2.75, 3.05) is 0 Å². The number of aryl methyl sites for hydroxylation is 1. The summed E-state index contributed by atoms with van der Waals surface area (Å²) in [6.45, 7) is 1.98. The smallest absolute Gasteiger partial charge is 0.123 e. The molecule has 0 atom stereocenters. The normalized spacial score (nSPS) is 10.3. The van der Waals surface area contributed by atoms with Crippen LogP contribution in [0.15, 0.2) is 41.0 Å². The third-order valence-electron chi connectivity index (χ3n) is 2.10. The molecule has 0 bridgehead atoms. The molecule has 0 fully saturated rings. The zero-order valence-electron chi connectivity index (χ0n) is 8.17. The molecule has 0 aliphatic heterocycles. The zero-order valence-corrected chi connectivity index (χ0v) is 9.75. The fourth-order valence-electron chi connectivity index (χ4n) is 1.35. The topological polar surface area (TPSA) is 12.9 Å². The molecule has 1 aromatic carbocycles. The van der Waals surface area contributed by atoms with Crippen LogP contribution in [-0.4, -0.2) is 4.98 Å². The SMILES string of the molecule is Cc1cnc(-c2ccc(F)cc2)c(Br)c1. The first-order chi connectivity index (χ1) is 7.16. The fraction of sp³-hybridized carbons (Fsp3) is 0.0833. The monoisotopic (exact) mass is 265 g/mol. The van der Waals surface area contributed by atoms with E-state index in [-0.39, 0.29) is 5.82 Å². The summed E-state index contributed by atoms with van der Waals surface area (Å²) in [5, 5.41) is 0. The molecule has 0 aliphatic carbocycles. The Hall–Kier alpha value is -1.22. The van der Waals surface area contributed by atoms with Gasteiger partial charge < -0.3 is 0 Å². The van der Waals surface area contributed by atoms with Gasteiger partial charge in [0.15, 0.2) is 0 Å². The number of aromatic nitrogens is 1. The van der Waals surface area contributed by atoms with Crippen molar-refractivity contribution in [2.24, 2.45) is 0 Å². The summed E-state index contributed by atoms with van der Waals surface area (Å²) in [5.74, 6) is -0.234. The highest BCUT2D eigenvalue weighted by molar-refractivity contribution is 9.10. The predicted octanol–water partition coefficient (Wildman–Crippen LogP) is 3.96. The second kappa shape index (κ2) is 4.11. The Morgan fingerprint density at radius 3 is 2.47 bits per heavy atom. The minimum atomic E-state index is -0.234. The molecule has 1 aromatic heterocycles. The summed E-state index contributed by atoms with van der Waals surface area (Å²) < 4.78 is 13.7. The van der Waals surface area contributed by atoms with Gasteiger partial charge in [-0.3, -0.25) is 4.98 Å². The van der Waals surface area contributed by atoms with Crippen molar-refractivity contribution in [1.82, 2.24) is 4.98 Å². The van der Waals surface area contributed by atoms with Crippen LogP contribution in [-0.2, 0) is 0 Å². The van der Waals surface area contributed by atoms with E-state index in [1.54, 1.807) is 18.3 Å². The van der Waals surface area contributed by atoms with Gasteiger partial charge in [-0.05, 0) is 58.7 Å².